The van der Waals surface area contributed by atoms with Crippen molar-refractivity contribution in [2.24, 2.45) is 11.8 Å². The van der Waals surface area contributed by atoms with Crippen molar-refractivity contribution in [3.63, 3.8) is 0 Å². The first kappa shape index (κ1) is 36.3. The van der Waals surface area contributed by atoms with Gasteiger partial charge in [-0.3, -0.25) is 14.6 Å². The average Bonchev–Trinajstić information content (AvgIpc) is 3.97. The molecule has 276 valence electrons. The van der Waals surface area contributed by atoms with Crippen LogP contribution < -0.4 is 10.6 Å². The van der Waals surface area contributed by atoms with Gasteiger partial charge in [0.1, 0.15) is 23.7 Å². The Morgan fingerprint density at radius 1 is 0.750 bits per heavy atom. The maximum atomic E-state index is 13.6. The minimum Gasteiger partial charge on any atom is -0.453 e. The molecule has 4 N–H and O–H groups in total. The molecule has 52 heavy (non-hydrogen) atoms. The van der Waals surface area contributed by atoms with E-state index in [1.54, 1.807) is 22.2 Å². The third-order valence-corrected chi connectivity index (χ3v) is 9.95. The molecule has 4 atom stereocenters. The number of nitrogens with zero attached hydrogens (tertiary/aromatic N) is 5. The molecule has 0 radical (unpaired) electrons. The standard InChI is InChI=1S/C37H47N9O6/c1-20(2)30(43-36(49)51-5)34(47)45-15-7-9-28(45)32-39-19-27(42-32)23-12-13-24(38-18-23)22-11-14-25-26(17-22)41-33(40-25)29-10-8-16-46(29)35(48)31(21(3)4)44-37(50)52-6/h11-14,17-21,28-31H,7-10,15-16H2,1-6H3,(H,39,42)(H,40,41)(H,43,49)(H,44,50)/t28-,29-,30-,31-/m0/s1. The minimum atomic E-state index is -0.702. The summed E-state index contributed by atoms with van der Waals surface area (Å²) in [5.41, 5.74) is 4.93. The van der Waals surface area contributed by atoms with E-state index in [-0.39, 0.29) is 35.7 Å². The summed E-state index contributed by atoms with van der Waals surface area (Å²) in [5, 5.41) is 5.37. The number of nitrogens with one attached hydrogen (secondary N) is 4. The van der Waals surface area contributed by atoms with Gasteiger partial charge in [-0.1, -0.05) is 33.8 Å². The number of methoxy groups -OCH3 is 2. The lowest BCUT2D eigenvalue weighted by Gasteiger charge is -2.30. The molecule has 2 aliphatic heterocycles. The van der Waals surface area contributed by atoms with Crippen LogP contribution in [0.2, 0.25) is 0 Å². The Labute approximate surface area is 302 Å². The Bertz CT molecular complexity index is 1920. The van der Waals surface area contributed by atoms with Crippen LogP contribution in [0.15, 0.2) is 42.7 Å². The Balaban J connectivity index is 1.16. The summed E-state index contributed by atoms with van der Waals surface area (Å²) in [5.74, 6) is 0.852. The fraction of sp³-hybridized carbons (Fsp3) is 0.486. The highest BCUT2D eigenvalue weighted by atomic mass is 16.5. The number of carbonyl (C=O) groups excluding carboxylic acids is 4. The number of imidazole rings is 2. The van der Waals surface area contributed by atoms with Crippen LogP contribution in [0.3, 0.4) is 0 Å². The quantitative estimate of drug-likeness (QED) is 0.173. The molecule has 3 aromatic heterocycles. The molecule has 15 nitrogen and oxygen atoms in total. The Kier molecular flexibility index (Phi) is 10.8. The normalized spacial score (nSPS) is 18.5. The summed E-state index contributed by atoms with van der Waals surface area (Å²) in [4.78, 5) is 75.6. The molecule has 0 aliphatic carbocycles. The highest BCUT2D eigenvalue weighted by Gasteiger charge is 2.39. The van der Waals surface area contributed by atoms with Crippen molar-refractivity contribution < 1.29 is 28.7 Å². The number of likely N-dealkylation sites (tertiary alicyclic amines) is 2. The molecule has 0 spiro atoms. The van der Waals surface area contributed by atoms with Gasteiger partial charge in [0.05, 0.1) is 54.9 Å². The molecule has 6 rings (SSSR count). The molecule has 2 saturated heterocycles. The minimum absolute atomic E-state index is 0.116. The molecular formula is C37H47N9O6. The Morgan fingerprint density at radius 3 is 1.87 bits per heavy atom. The first-order valence-corrected chi connectivity index (χ1v) is 17.8. The van der Waals surface area contributed by atoms with Gasteiger partial charge in [-0.15, -0.1) is 0 Å². The van der Waals surface area contributed by atoms with Crippen LogP contribution in [0, 0.1) is 11.8 Å². The first-order valence-electron chi connectivity index (χ1n) is 17.8. The van der Waals surface area contributed by atoms with E-state index in [0.29, 0.717) is 24.7 Å². The third-order valence-electron chi connectivity index (χ3n) is 9.95. The molecular weight excluding hydrogens is 666 g/mol. The molecule has 0 unspecified atom stereocenters. The summed E-state index contributed by atoms with van der Waals surface area (Å²) in [6, 6.07) is 7.97. The highest BCUT2D eigenvalue weighted by molar-refractivity contribution is 5.87. The van der Waals surface area contributed by atoms with Crippen LogP contribution in [-0.2, 0) is 19.1 Å². The molecule has 0 bridgehead atoms. The lowest BCUT2D eigenvalue weighted by atomic mass is 10.0. The summed E-state index contributed by atoms with van der Waals surface area (Å²) in [6.07, 6.45) is 5.46. The number of fused-ring (bicyclic) bond motifs is 1. The summed E-state index contributed by atoms with van der Waals surface area (Å²) < 4.78 is 9.50. The van der Waals surface area contributed by atoms with Crippen LogP contribution in [0.25, 0.3) is 33.5 Å². The fourth-order valence-corrected chi connectivity index (χ4v) is 7.11. The number of hydrogen-bond acceptors (Lipinski definition) is 9. The lowest BCUT2D eigenvalue weighted by Crippen LogP contribution is -2.51. The topological polar surface area (TPSA) is 188 Å². The lowest BCUT2D eigenvalue weighted by molar-refractivity contribution is -0.136. The van der Waals surface area contributed by atoms with Crippen molar-refractivity contribution in [2.75, 3.05) is 27.3 Å². The molecule has 4 aromatic rings. The second kappa shape index (κ2) is 15.4. The van der Waals surface area contributed by atoms with E-state index < -0.39 is 24.3 Å². The van der Waals surface area contributed by atoms with E-state index in [1.165, 1.54) is 14.2 Å². The zero-order valence-corrected chi connectivity index (χ0v) is 30.4. The van der Waals surface area contributed by atoms with Gasteiger partial charge in [0, 0.05) is 30.4 Å². The van der Waals surface area contributed by atoms with Crippen molar-refractivity contribution in [2.45, 2.75) is 77.5 Å². The van der Waals surface area contributed by atoms with Gasteiger partial charge < -0.3 is 39.9 Å². The number of pyridine rings is 1. The van der Waals surface area contributed by atoms with Crippen molar-refractivity contribution >= 4 is 35.0 Å². The SMILES string of the molecule is COC(=O)N[C@H](C(=O)N1CCC[C@H]1c1ncc(-c2ccc(-c3ccc4nc([C@@H]5CCCN5C(=O)[C@@H](NC(=O)OC)C(C)C)[nH]c4c3)nc2)[nH]1)C(C)C. The summed E-state index contributed by atoms with van der Waals surface area (Å²) in [6.45, 7) is 8.72. The molecule has 5 heterocycles. The van der Waals surface area contributed by atoms with Crippen LogP contribution in [0.5, 0.6) is 0 Å². The molecule has 0 saturated carbocycles. The van der Waals surface area contributed by atoms with E-state index in [1.807, 2.05) is 58.0 Å². The van der Waals surface area contributed by atoms with Crippen LogP contribution in [0.1, 0.15) is 77.1 Å². The monoisotopic (exact) mass is 713 g/mol. The number of amides is 4. The number of alkyl carbamates (subject to hydrolysis) is 2. The number of ether oxygens (including phenoxy) is 2. The molecule has 2 aliphatic rings. The van der Waals surface area contributed by atoms with E-state index in [4.69, 9.17) is 19.4 Å². The zero-order chi connectivity index (χ0) is 37.1. The van der Waals surface area contributed by atoms with Crippen LogP contribution >= 0.6 is 0 Å². The van der Waals surface area contributed by atoms with Gasteiger partial charge in [0.25, 0.3) is 0 Å². The Morgan fingerprint density at radius 2 is 1.33 bits per heavy atom. The van der Waals surface area contributed by atoms with Crippen LogP contribution in [-0.4, -0.2) is 98.1 Å². The van der Waals surface area contributed by atoms with Gasteiger partial charge in [-0.05, 0) is 61.8 Å². The van der Waals surface area contributed by atoms with E-state index >= 15 is 0 Å². The fourth-order valence-electron chi connectivity index (χ4n) is 7.11. The van der Waals surface area contributed by atoms with Gasteiger partial charge >= 0.3 is 12.2 Å². The van der Waals surface area contributed by atoms with E-state index in [0.717, 1.165) is 59.2 Å². The summed E-state index contributed by atoms with van der Waals surface area (Å²) >= 11 is 0. The number of aromatic nitrogens is 5. The van der Waals surface area contributed by atoms with Crippen molar-refractivity contribution in [1.29, 1.82) is 0 Å². The van der Waals surface area contributed by atoms with Gasteiger partial charge in [-0.2, -0.15) is 0 Å². The maximum Gasteiger partial charge on any atom is 0.407 e. The second-order valence-corrected chi connectivity index (χ2v) is 14.1. The summed E-state index contributed by atoms with van der Waals surface area (Å²) in [7, 11) is 2.57. The van der Waals surface area contributed by atoms with Crippen molar-refractivity contribution in [3.05, 3.63) is 54.4 Å². The van der Waals surface area contributed by atoms with Crippen molar-refractivity contribution in [1.82, 2.24) is 45.4 Å². The number of H-pyrrole nitrogens is 2. The number of benzene rings is 1. The zero-order valence-electron chi connectivity index (χ0n) is 30.4. The number of hydrogen-bond donors (Lipinski definition) is 4. The maximum absolute atomic E-state index is 13.6. The van der Waals surface area contributed by atoms with Gasteiger partial charge in [0.15, 0.2) is 0 Å². The molecule has 4 amide bonds. The second-order valence-electron chi connectivity index (χ2n) is 14.1. The molecule has 1 aromatic carbocycles. The first-order chi connectivity index (χ1) is 25.0. The highest BCUT2D eigenvalue weighted by Crippen LogP contribution is 2.35. The van der Waals surface area contributed by atoms with Crippen LogP contribution in [0.4, 0.5) is 9.59 Å². The average molecular weight is 714 g/mol. The number of aromatic amines is 2. The van der Waals surface area contributed by atoms with Crippen molar-refractivity contribution in [3.8, 4) is 22.5 Å². The van der Waals surface area contributed by atoms with Gasteiger partial charge in [-0.25, -0.2) is 19.6 Å². The van der Waals surface area contributed by atoms with E-state index in [2.05, 4.69) is 25.6 Å². The predicted octanol–water partition coefficient (Wildman–Crippen LogP) is 5.10. The van der Waals surface area contributed by atoms with Gasteiger partial charge in [0.2, 0.25) is 11.8 Å². The third kappa shape index (κ3) is 7.44. The Hall–Kier alpha value is -5.47. The smallest absolute Gasteiger partial charge is 0.407 e. The van der Waals surface area contributed by atoms with E-state index in [9.17, 15) is 19.2 Å². The number of rotatable bonds is 10. The molecule has 15 heteroatoms. The predicted molar refractivity (Wildman–Crippen MR) is 193 cm³/mol. The molecule has 2 fully saturated rings. The number of carbonyl (C=O) groups is 4. The largest absolute Gasteiger partial charge is 0.453 e.